The van der Waals surface area contributed by atoms with Crippen LogP contribution in [0.4, 0.5) is 17.3 Å². The molecule has 2 heterocycles. The first-order chi connectivity index (χ1) is 16.7. The molecule has 1 fully saturated rings. The van der Waals surface area contributed by atoms with E-state index < -0.39 is 15.7 Å². The fourth-order valence-electron chi connectivity index (χ4n) is 4.02. The number of hydrogen-bond acceptors (Lipinski definition) is 7. The lowest BCUT2D eigenvalue weighted by Crippen LogP contribution is -2.41. The Morgan fingerprint density at radius 1 is 1.03 bits per heavy atom. The molecule has 0 bridgehead atoms. The third-order valence-corrected chi connectivity index (χ3v) is 7.00. The number of piperidine rings is 1. The standard InChI is InChI=1S/C25H27N5O4S/c1-17-14-20(28-24(32)19-7-4-13-30(16-19)25-26-11-5-12-27-25)9-10-22(17)29-23(31)18-6-3-8-21(15-18)35(2,33)34/h3,5-6,8-12,14-15,19H,4,7,13,16H2,1-2H3,(H,28,32)(H,29,31)/t19-/m1/s1. The van der Waals surface area contributed by atoms with Crippen molar-refractivity contribution in [2.24, 2.45) is 5.92 Å². The van der Waals surface area contributed by atoms with Gasteiger partial charge < -0.3 is 15.5 Å². The molecule has 0 saturated carbocycles. The maximum atomic E-state index is 12.9. The second-order valence-corrected chi connectivity index (χ2v) is 10.6. The van der Waals surface area contributed by atoms with Gasteiger partial charge in [0.15, 0.2) is 9.84 Å². The van der Waals surface area contributed by atoms with Crippen LogP contribution in [0.15, 0.2) is 65.8 Å². The van der Waals surface area contributed by atoms with Gasteiger partial charge in [-0.2, -0.15) is 0 Å². The summed E-state index contributed by atoms with van der Waals surface area (Å²) >= 11 is 0. The largest absolute Gasteiger partial charge is 0.340 e. The third-order valence-electron chi connectivity index (χ3n) is 5.89. The number of carbonyl (C=O) groups is 2. The van der Waals surface area contributed by atoms with Gasteiger partial charge in [0, 0.05) is 48.7 Å². The summed E-state index contributed by atoms with van der Waals surface area (Å²) in [7, 11) is -3.42. The first-order valence-corrected chi connectivity index (χ1v) is 13.1. The fourth-order valence-corrected chi connectivity index (χ4v) is 4.68. The van der Waals surface area contributed by atoms with Gasteiger partial charge in [-0.05, 0) is 67.8 Å². The van der Waals surface area contributed by atoms with E-state index in [0.717, 1.165) is 31.2 Å². The average molecular weight is 494 g/mol. The van der Waals surface area contributed by atoms with E-state index in [4.69, 9.17) is 0 Å². The van der Waals surface area contributed by atoms with Crippen LogP contribution in [-0.2, 0) is 14.6 Å². The highest BCUT2D eigenvalue weighted by Gasteiger charge is 2.27. The third kappa shape index (κ3) is 6.02. The average Bonchev–Trinajstić information content (AvgIpc) is 2.86. The molecule has 35 heavy (non-hydrogen) atoms. The summed E-state index contributed by atoms with van der Waals surface area (Å²) in [4.78, 5) is 36.3. The predicted octanol–water partition coefficient (Wildman–Crippen LogP) is 3.30. The molecule has 1 atom stereocenters. The molecular formula is C25H27N5O4S. The molecule has 0 unspecified atom stereocenters. The molecule has 1 aliphatic heterocycles. The maximum absolute atomic E-state index is 12.9. The zero-order valence-electron chi connectivity index (χ0n) is 19.6. The number of benzene rings is 2. The Morgan fingerprint density at radius 3 is 2.51 bits per heavy atom. The number of aryl methyl sites for hydroxylation is 1. The fraction of sp³-hybridized carbons (Fsp3) is 0.280. The second-order valence-electron chi connectivity index (χ2n) is 8.61. The van der Waals surface area contributed by atoms with E-state index >= 15 is 0 Å². The predicted molar refractivity (Wildman–Crippen MR) is 134 cm³/mol. The smallest absolute Gasteiger partial charge is 0.255 e. The molecule has 3 aromatic rings. The van der Waals surface area contributed by atoms with E-state index in [0.29, 0.717) is 23.9 Å². The molecule has 4 rings (SSSR count). The number of amides is 2. The summed E-state index contributed by atoms with van der Waals surface area (Å²) in [6, 6.07) is 12.9. The van der Waals surface area contributed by atoms with Crippen molar-refractivity contribution in [2.75, 3.05) is 34.9 Å². The van der Waals surface area contributed by atoms with Gasteiger partial charge in [-0.25, -0.2) is 18.4 Å². The zero-order valence-corrected chi connectivity index (χ0v) is 20.4. The number of nitrogens with one attached hydrogen (secondary N) is 2. The van der Waals surface area contributed by atoms with Crippen LogP contribution in [0.3, 0.4) is 0 Å². The Hall–Kier alpha value is -3.79. The Labute approximate surface area is 204 Å². The maximum Gasteiger partial charge on any atom is 0.255 e. The minimum Gasteiger partial charge on any atom is -0.340 e. The number of sulfone groups is 1. The van der Waals surface area contributed by atoms with Crippen molar-refractivity contribution >= 4 is 39.0 Å². The van der Waals surface area contributed by atoms with Crippen LogP contribution in [0.1, 0.15) is 28.8 Å². The topological polar surface area (TPSA) is 121 Å². The highest BCUT2D eigenvalue weighted by Crippen LogP contribution is 2.24. The number of hydrogen-bond donors (Lipinski definition) is 2. The monoisotopic (exact) mass is 493 g/mol. The van der Waals surface area contributed by atoms with E-state index in [9.17, 15) is 18.0 Å². The molecule has 0 radical (unpaired) electrons. The van der Waals surface area contributed by atoms with Crippen LogP contribution in [0, 0.1) is 12.8 Å². The summed E-state index contributed by atoms with van der Waals surface area (Å²) in [6.07, 6.45) is 6.15. The molecule has 2 aromatic carbocycles. The Bertz CT molecular complexity index is 1340. The van der Waals surface area contributed by atoms with Crippen LogP contribution in [-0.4, -0.2) is 49.5 Å². The summed E-state index contributed by atoms with van der Waals surface area (Å²) in [5.41, 5.74) is 2.22. The van der Waals surface area contributed by atoms with Crippen molar-refractivity contribution in [3.63, 3.8) is 0 Å². The number of rotatable bonds is 6. The quantitative estimate of drug-likeness (QED) is 0.540. The van der Waals surface area contributed by atoms with E-state index in [1.165, 1.54) is 18.2 Å². The van der Waals surface area contributed by atoms with Gasteiger partial charge in [-0.1, -0.05) is 6.07 Å². The lowest BCUT2D eigenvalue weighted by atomic mass is 9.97. The van der Waals surface area contributed by atoms with E-state index in [2.05, 4.69) is 20.6 Å². The highest BCUT2D eigenvalue weighted by molar-refractivity contribution is 7.90. The summed E-state index contributed by atoms with van der Waals surface area (Å²) in [6.45, 7) is 3.19. The SMILES string of the molecule is Cc1cc(NC(=O)[C@@H]2CCCN(c3ncccn3)C2)ccc1NC(=O)c1cccc(S(C)(=O)=O)c1. The molecule has 2 N–H and O–H groups in total. The molecule has 1 saturated heterocycles. The summed E-state index contributed by atoms with van der Waals surface area (Å²) < 4.78 is 23.6. The van der Waals surface area contributed by atoms with Crippen LogP contribution >= 0.6 is 0 Å². The van der Waals surface area contributed by atoms with Crippen molar-refractivity contribution < 1.29 is 18.0 Å². The van der Waals surface area contributed by atoms with Gasteiger partial charge in [0.2, 0.25) is 11.9 Å². The molecule has 1 aliphatic rings. The Morgan fingerprint density at radius 2 is 1.80 bits per heavy atom. The van der Waals surface area contributed by atoms with Gasteiger partial charge in [0.05, 0.1) is 10.8 Å². The van der Waals surface area contributed by atoms with Gasteiger partial charge >= 0.3 is 0 Å². The van der Waals surface area contributed by atoms with Crippen molar-refractivity contribution in [3.05, 3.63) is 72.1 Å². The first-order valence-electron chi connectivity index (χ1n) is 11.3. The van der Waals surface area contributed by atoms with Crippen molar-refractivity contribution in [1.29, 1.82) is 0 Å². The van der Waals surface area contributed by atoms with Gasteiger partial charge in [0.25, 0.3) is 5.91 Å². The van der Waals surface area contributed by atoms with Crippen molar-refractivity contribution in [1.82, 2.24) is 9.97 Å². The lowest BCUT2D eigenvalue weighted by Gasteiger charge is -2.31. The minimum atomic E-state index is -3.42. The van der Waals surface area contributed by atoms with Crippen molar-refractivity contribution in [3.8, 4) is 0 Å². The molecule has 10 heteroatoms. The number of carbonyl (C=O) groups excluding carboxylic acids is 2. The highest BCUT2D eigenvalue weighted by atomic mass is 32.2. The normalized spacial score (nSPS) is 15.9. The van der Waals surface area contributed by atoms with Crippen LogP contribution in [0.5, 0.6) is 0 Å². The van der Waals surface area contributed by atoms with Gasteiger partial charge in [-0.15, -0.1) is 0 Å². The van der Waals surface area contributed by atoms with Crippen LogP contribution < -0.4 is 15.5 Å². The van der Waals surface area contributed by atoms with Crippen LogP contribution in [0.25, 0.3) is 0 Å². The molecule has 1 aromatic heterocycles. The molecule has 9 nitrogen and oxygen atoms in total. The van der Waals surface area contributed by atoms with Crippen LogP contribution in [0.2, 0.25) is 0 Å². The van der Waals surface area contributed by atoms with E-state index in [1.807, 2.05) is 11.8 Å². The molecule has 2 amide bonds. The second kappa shape index (κ2) is 10.2. The molecule has 0 spiro atoms. The Kier molecular flexibility index (Phi) is 7.11. The Balaban J connectivity index is 1.40. The molecule has 0 aliphatic carbocycles. The van der Waals surface area contributed by atoms with Gasteiger partial charge in [-0.3, -0.25) is 9.59 Å². The van der Waals surface area contributed by atoms with Crippen molar-refractivity contribution in [2.45, 2.75) is 24.7 Å². The van der Waals surface area contributed by atoms with E-state index in [1.54, 1.807) is 42.7 Å². The lowest BCUT2D eigenvalue weighted by molar-refractivity contribution is -0.120. The minimum absolute atomic E-state index is 0.0700. The van der Waals surface area contributed by atoms with Gasteiger partial charge in [0.1, 0.15) is 0 Å². The number of anilines is 3. The number of nitrogens with zero attached hydrogens (tertiary/aromatic N) is 3. The molecular weight excluding hydrogens is 466 g/mol. The van der Waals surface area contributed by atoms with E-state index in [-0.39, 0.29) is 22.3 Å². The number of aromatic nitrogens is 2. The summed E-state index contributed by atoms with van der Waals surface area (Å²) in [5.74, 6) is -0.0439. The first kappa shape index (κ1) is 24.3. The molecule has 182 valence electrons. The summed E-state index contributed by atoms with van der Waals surface area (Å²) in [5, 5.41) is 5.78. The zero-order chi connectivity index (χ0) is 25.0.